The van der Waals surface area contributed by atoms with Gasteiger partial charge in [-0.25, -0.2) is 4.98 Å². The van der Waals surface area contributed by atoms with Gasteiger partial charge in [0.25, 0.3) is 5.91 Å². The van der Waals surface area contributed by atoms with Crippen LogP contribution in [0.2, 0.25) is 0 Å². The molecule has 0 unspecified atom stereocenters. The maximum atomic E-state index is 12.2. The normalized spacial score (nSPS) is 15.2. The average molecular weight is 275 g/mol. The molecule has 0 radical (unpaired) electrons. The third kappa shape index (κ3) is 2.21. The molecule has 6 heteroatoms. The summed E-state index contributed by atoms with van der Waals surface area (Å²) in [4.78, 5) is 18.5. The molecule has 20 heavy (non-hydrogen) atoms. The topological polar surface area (TPSA) is 72.4 Å². The van der Waals surface area contributed by atoms with E-state index in [9.17, 15) is 4.79 Å². The van der Waals surface area contributed by atoms with Crippen molar-refractivity contribution in [2.75, 3.05) is 6.54 Å². The van der Waals surface area contributed by atoms with Crippen molar-refractivity contribution in [3.8, 4) is 0 Å². The minimum Gasteiger partial charge on any atom is -0.445 e. The maximum Gasteiger partial charge on any atom is 0.276 e. The van der Waals surface area contributed by atoms with Gasteiger partial charge >= 0.3 is 0 Å². The van der Waals surface area contributed by atoms with Crippen molar-refractivity contribution in [1.82, 2.24) is 15.0 Å². The molecule has 2 aromatic heterocycles. The first kappa shape index (κ1) is 12.9. The molecule has 1 aliphatic rings. The number of rotatable bonds is 1. The van der Waals surface area contributed by atoms with E-state index in [4.69, 9.17) is 8.94 Å². The fraction of sp³-hybridized carbons (Fsp3) is 0.500. The Morgan fingerprint density at radius 3 is 2.85 bits per heavy atom. The number of hydrogen-bond donors (Lipinski definition) is 0. The fourth-order valence-electron chi connectivity index (χ4n) is 2.18. The molecule has 0 spiro atoms. The van der Waals surface area contributed by atoms with E-state index in [0.717, 1.165) is 17.3 Å². The molecule has 106 valence electrons. The second kappa shape index (κ2) is 4.47. The predicted octanol–water partition coefficient (Wildman–Crippen LogP) is 2.16. The first-order valence-electron chi connectivity index (χ1n) is 6.64. The number of carbonyl (C=O) groups excluding carboxylic acids is 1. The SMILES string of the molecule is CC(C)(C)c1nc2c(o1)CCN(C(=O)c1ccon1)C2. The Hall–Kier alpha value is -2.11. The second-order valence-electron chi connectivity index (χ2n) is 6.00. The summed E-state index contributed by atoms with van der Waals surface area (Å²) in [7, 11) is 0. The molecule has 1 aliphatic heterocycles. The van der Waals surface area contributed by atoms with Crippen LogP contribution in [-0.2, 0) is 18.4 Å². The van der Waals surface area contributed by atoms with Crippen LogP contribution in [0.4, 0.5) is 0 Å². The number of amides is 1. The molecule has 0 fully saturated rings. The van der Waals surface area contributed by atoms with E-state index >= 15 is 0 Å². The number of oxazole rings is 1. The molecule has 0 saturated carbocycles. The van der Waals surface area contributed by atoms with Crippen LogP contribution < -0.4 is 0 Å². The second-order valence-corrected chi connectivity index (χ2v) is 6.00. The van der Waals surface area contributed by atoms with E-state index in [1.165, 1.54) is 6.26 Å². The van der Waals surface area contributed by atoms with Crippen LogP contribution in [0.1, 0.15) is 48.6 Å². The summed E-state index contributed by atoms with van der Waals surface area (Å²) in [5.41, 5.74) is 1.05. The van der Waals surface area contributed by atoms with Gasteiger partial charge in [-0.1, -0.05) is 25.9 Å². The molecular weight excluding hydrogens is 258 g/mol. The Morgan fingerprint density at radius 1 is 1.40 bits per heavy atom. The molecule has 2 aromatic rings. The van der Waals surface area contributed by atoms with Crippen LogP contribution in [-0.4, -0.2) is 27.5 Å². The summed E-state index contributed by atoms with van der Waals surface area (Å²) in [5, 5.41) is 3.68. The summed E-state index contributed by atoms with van der Waals surface area (Å²) in [6, 6.07) is 1.57. The van der Waals surface area contributed by atoms with E-state index in [0.29, 0.717) is 25.2 Å². The third-order valence-corrected chi connectivity index (χ3v) is 3.31. The first-order valence-corrected chi connectivity index (χ1v) is 6.64. The van der Waals surface area contributed by atoms with Gasteiger partial charge in [0.2, 0.25) is 0 Å². The smallest absolute Gasteiger partial charge is 0.276 e. The van der Waals surface area contributed by atoms with Gasteiger partial charge in [0.1, 0.15) is 17.7 Å². The molecule has 0 aromatic carbocycles. The van der Waals surface area contributed by atoms with Gasteiger partial charge in [0.05, 0.1) is 6.54 Å². The van der Waals surface area contributed by atoms with Gasteiger partial charge in [-0.2, -0.15) is 0 Å². The van der Waals surface area contributed by atoms with Crippen molar-refractivity contribution in [2.45, 2.75) is 39.2 Å². The maximum absolute atomic E-state index is 12.2. The number of fused-ring (bicyclic) bond motifs is 1. The van der Waals surface area contributed by atoms with Crippen LogP contribution in [0.15, 0.2) is 21.3 Å². The zero-order valence-corrected chi connectivity index (χ0v) is 11.8. The van der Waals surface area contributed by atoms with Crippen molar-refractivity contribution >= 4 is 5.91 Å². The number of nitrogens with zero attached hydrogens (tertiary/aromatic N) is 3. The highest BCUT2D eigenvalue weighted by Gasteiger charge is 2.30. The van der Waals surface area contributed by atoms with Gasteiger partial charge in [-0.3, -0.25) is 4.79 Å². The molecule has 3 heterocycles. The van der Waals surface area contributed by atoms with Crippen molar-refractivity contribution < 1.29 is 13.7 Å². The quantitative estimate of drug-likeness (QED) is 0.797. The zero-order valence-electron chi connectivity index (χ0n) is 11.8. The fourth-order valence-corrected chi connectivity index (χ4v) is 2.18. The summed E-state index contributed by atoms with van der Waals surface area (Å²) in [5.74, 6) is 1.47. The lowest BCUT2D eigenvalue weighted by Gasteiger charge is -2.24. The number of aromatic nitrogens is 2. The highest BCUT2D eigenvalue weighted by molar-refractivity contribution is 5.92. The molecule has 3 rings (SSSR count). The Labute approximate surface area is 116 Å². The standard InChI is InChI=1S/C14H17N3O3/c1-14(2,3)13-15-10-8-17(6-4-11(10)20-13)12(18)9-5-7-19-16-9/h5,7H,4,6,8H2,1-3H3. The Balaban J connectivity index is 1.82. The zero-order chi connectivity index (χ0) is 14.3. The van der Waals surface area contributed by atoms with Crippen molar-refractivity contribution in [3.63, 3.8) is 0 Å². The average Bonchev–Trinajstić information content (AvgIpc) is 3.05. The van der Waals surface area contributed by atoms with Gasteiger partial charge in [0, 0.05) is 24.4 Å². The van der Waals surface area contributed by atoms with Crippen LogP contribution >= 0.6 is 0 Å². The number of hydrogen-bond acceptors (Lipinski definition) is 5. The monoisotopic (exact) mass is 275 g/mol. The molecule has 6 nitrogen and oxygen atoms in total. The summed E-state index contributed by atoms with van der Waals surface area (Å²) < 4.78 is 10.5. The lowest BCUT2D eigenvalue weighted by molar-refractivity contribution is 0.0717. The predicted molar refractivity (Wildman–Crippen MR) is 70.2 cm³/mol. The van der Waals surface area contributed by atoms with Crippen molar-refractivity contribution in [2.24, 2.45) is 0 Å². The van der Waals surface area contributed by atoms with Gasteiger partial charge < -0.3 is 13.8 Å². The Kier molecular flexibility index (Phi) is 2.88. The van der Waals surface area contributed by atoms with Gasteiger partial charge in [-0.05, 0) is 0 Å². The lowest BCUT2D eigenvalue weighted by Crippen LogP contribution is -2.36. The number of carbonyl (C=O) groups is 1. The summed E-state index contributed by atoms with van der Waals surface area (Å²) in [6.07, 6.45) is 2.08. The molecule has 0 bridgehead atoms. The van der Waals surface area contributed by atoms with Crippen molar-refractivity contribution in [3.05, 3.63) is 35.4 Å². The molecule has 1 amide bonds. The van der Waals surface area contributed by atoms with Gasteiger partial charge in [-0.15, -0.1) is 0 Å². The Morgan fingerprint density at radius 2 is 2.20 bits per heavy atom. The van der Waals surface area contributed by atoms with E-state index in [-0.39, 0.29) is 11.3 Å². The van der Waals surface area contributed by atoms with E-state index in [2.05, 4.69) is 30.9 Å². The van der Waals surface area contributed by atoms with Crippen LogP contribution in [0.5, 0.6) is 0 Å². The third-order valence-electron chi connectivity index (χ3n) is 3.31. The highest BCUT2D eigenvalue weighted by atomic mass is 16.5. The first-order chi connectivity index (χ1) is 9.45. The summed E-state index contributed by atoms with van der Waals surface area (Å²) >= 11 is 0. The molecular formula is C14H17N3O3. The molecule has 0 N–H and O–H groups in total. The highest BCUT2D eigenvalue weighted by Crippen LogP contribution is 2.27. The molecule has 0 atom stereocenters. The van der Waals surface area contributed by atoms with Crippen LogP contribution in [0.3, 0.4) is 0 Å². The van der Waals surface area contributed by atoms with Gasteiger partial charge in [0.15, 0.2) is 11.6 Å². The Bertz CT molecular complexity index is 623. The van der Waals surface area contributed by atoms with E-state index < -0.39 is 0 Å². The minimum absolute atomic E-state index is 0.127. The van der Waals surface area contributed by atoms with E-state index in [1.807, 2.05) is 0 Å². The van der Waals surface area contributed by atoms with Crippen LogP contribution in [0, 0.1) is 0 Å². The minimum atomic E-state index is -0.135. The summed E-state index contributed by atoms with van der Waals surface area (Å²) in [6.45, 7) is 7.24. The van der Waals surface area contributed by atoms with Crippen molar-refractivity contribution in [1.29, 1.82) is 0 Å². The van der Waals surface area contributed by atoms with E-state index in [1.54, 1.807) is 11.0 Å². The lowest BCUT2D eigenvalue weighted by atomic mass is 9.97. The molecule has 0 aliphatic carbocycles. The molecule has 0 saturated heterocycles. The largest absolute Gasteiger partial charge is 0.445 e. The van der Waals surface area contributed by atoms with Crippen LogP contribution in [0.25, 0.3) is 0 Å².